The van der Waals surface area contributed by atoms with E-state index in [4.69, 9.17) is 4.98 Å². The van der Waals surface area contributed by atoms with Crippen LogP contribution in [0.4, 0.5) is 8.78 Å². The third-order valence-electron chi connectivity index (χ3n) is 6.49. The molecular weight excluding hydrogens is 432 g/mol. The highest BCUT2D eigenvalue weighted by Crippen LogP contribution is 2.42. The summed E-state index contributed by atoms with van der Waals surface area (Å²) >= 11 is 1.73. The van der Waals surface area contributed by atoms with Gasteiger partial charge in [-0.15, -0.1) is 11.3 Å². The fraction of sp³-hybridized carbons (Fsp3) is 0.276. The van der Waals surface area contributed by atoms with Gasteiger partial charge < -0.3 is 0 Å². The first-order valence-electron chi connectivity index (χ1n) is 11.4. The van der Waals surface area contributed by atoms with Gasteiger partial charge in [0.25, 0.3) is 0 Å². The summed E-state index contributed by atoms with van der Waals surface area (Å²) in [7, 11) is 0. The van der Waals surface area contributed by atoms with E-state index in [2.05, 4.69) is 76.2 Å². The maximum atomic E-state index is 12.8. The van der Waals surface area contributed by atoms with E-state index in [9.17, 15) is 8.78 Å². The summed E-state index contributed by atoms with van der Waals surface area (Å²) in [6, 6.07) is 19.2. The van der Waals surface area contributed by atoms with Crippen molar-refractivity contribution in [1.82, 2.24) is 4.98 Å². The number of aromatic nitrogens is 1. The van der Waals surface area contributed by atoms with Crippen LogP contribution in [0.2, 0.25) is 0 Å². The first-order valence-corrected chi connectivity index (χ1v) is 12.2. The van der Waals surface area contributed by atoms with Gasteiger partial charge in [-0.05, 0) is 64.4 Å². The third kappa shape index (κ3) is 3.91. The molecule has 0 saturated heterocycles. The Morgan fingerprint density at radius 3 is 2.42 bits per heavy atom. The van der Waals surface area contributed by atoms with Crippen LogP contribution in [0.15, 0.2) is 60.8 Å². The Morgan fingerprint density at radius 1 is 0.909 bits per heavy atom. The predicted octanol–water partition coefficient (Wildman–Crippen LogP) is 9.07. The van der Waals surface area contributed by atoms with E-state index in [-0.39, 0.29) is 11.8 Å². The zero-order chi connectivity index (χ0) is 23.3. The van der Waals surface area contributed by atoms with Crippen molar-refractivity contribution in [3.05, 3.63) is 77.5 Å². The van der Waals surface area contributed by atoms with Crippen molar-refractivity contribution in [3.63, 3.8) is 0 Å². The molecule has 0 aliphatic carbocycles. The molecule has 0 radical (unpaired) electrons. The summed E-state index contributed by atoms with van der Waals surface area (Å²) in [5, 5.41) is 4.84. The number of aryl methyl sites for hydroxylation is 2. The molecule has 0 atom stereocenters. The van der Waals surface area contributed by atoms with Crippen molar-refractivity contribution >= 4 is 42.3 Å². The lowest BCUT2D eigenvalue weighted by molar-refractivity contribution is 0.138. The summed E-state index contributed by atoms with van der Waals surface area (Å²) in [4.78, 5) is 4.83. The van der Waals surface area contributed by atoms with Crippen molar-refractivity contribution < 1.29 is 8.78 Å². The number of halogens is 2. The van der Waals surface area contributed by atoms with Gasteiger partial charge in [0, 0.05) is 33.7 Å². The highest BCUT2D eigenvalue weighted by atomic mass is 32.1. The Morgan fingerprint density at radius 2 is 1.67 bits per heavy atom. The Labute approximate surface area is 197 Å². The van der Waals surface area contributed by atoms with Crippen LogP contribution in [0.25, 0.3) is 42.2 Å². The fourth-order valence-corrected chi connectivity index (χ4v) is 6.08. The van der Waals surface area contributed by atoms with E-state index in [1.165, 1.54) is 31.8 Å². The largest absolute Gasteiger partial charge is 0.255 e. The molecule has 2 heterocycles. The molecule has 0 aliphatic heterocycles. The minimum atomic E-state index is -2.27. The Kier molecular flexibility index (Phi) is 5.44. The topological polar surface area (TPSA) is 12.9 Å². The van der Waals surface area contributed by atoms with E-state index >= 15 is 0 Å². The van der Waals surface area contributed by atoms with Crippen LogP contribution < -0.4 is 0 Å². The summed E-state index contributed by atoms with van der Waals surface area (Å²) in [6.07, 6.45) is -0.0893. The highest BCUT2D eigenvalue weighted by molar-refractivity contribution is 7.26. The average molecular weight is 460 g/mol. The molecule has 4 heteroatoms. The lowest BCUT2D eigenvalue weighted by Crippen LogP contribution is -2.12. The fourth-order valence-electron chi connectivity index (χ4n) is 4.75. The van der Waals surface area contributed by atoms with Crippen LogP contribution >= 0.6 is 11.3 Å². The molecule has 0 bridgehead atoms. The van der Waals surface area contributed by atoms with Crippen molar-refractivity contribution in [2.24, 2.45) is 0 Å². The summed E-state index contributed by atoms with van der Waals surface area (Å²) in [5.74, 6) is 0. The van der Waals surface area contributed by atoms with Gasteiger partial charge in [-0.2, -0.15) is 0 Å². The molecule has 5 rings (SSSR count). The second-order valence-electron chi connectivity index (χ2n) is 9.79. The molecule has 168 valence electrons. The molecule has 0 aliphatic rings. The first kappa shape index (κ1) is 22.0. The number of thiophene rings is 1. The van der Waals surface area contributed by atoms with Crippen molar-refractivity contribution in [2.75, 3.05) is 0 Å². The number of benzene rings is 3. The lowest BCUT2D eigenvalue weighted by atomic mass is 9.82. The summed E-state index contributed by atoms with van der Waals surface area (Å²) in [5.41, 5.74) is 5.52. The Balaban J connectivity index is 1.74. The number of nitrogens with zero attached hydrogens (tertiary/aromatic N) is 1. The van der Waals surface area contributed by atoms with Crippen LogP contribution in [0.1, 0.15) is 43.9 Å². The number of fused-ring (bicyclic) bond motifs is 4. The second kappa shape index (κ2) is 8.18. The van der Waals surface area contributed by atoms with Crippen molar-refractivity contribution in [2.45, 2.75) is 52.4 Å². The van der Waals surface area contributed by atoms with Gasteiger partial charge in [-0.25, -0.2) is 8.78 Å². The molecule has 0 N–H and O–H groups in total. The second-order valence-corrected chi connectivity index (χ2v) is 10.8. The van der Waals surface area contributed by atoms with E-state index in [1.54, 1.807) is 11.3 Å². The van der Waals surface area contributed by atoms with E-state index in [0.717, 1.165) is 27.1 Å². The Hall–Kier alpha value is -2.85. The minimum Gasteiger partial charge on any atom is -0.255 e. The Bertz CT molecular complexity index is 1490. The smallest absolute Gasteiger partial charge is 0.239 e. The molecule has 3 aromatic carbocycles. The monoisotopic (exact) mass is 459 g/mol. The summed E-state index contributed by atoms with van der Waals surface area (Å²) < 4.78 is 27.9. The summed E-state index contributed by atoms with van der Waals surface area (Å²) in [6.45, 7) is 8.79. The van der Waals surface area contributed by atoms with Gasteiger partial charge >= 0.3 is 0 Å². The molecule has 2 aromatic heterocycles. The number of hydrogen-bond acceptors (Lipinski definition) is 2. The zero-order valence-electron chi connectivity index (χ0n) is 19.4. The predicted molar refractivity (Wildman–Crippen MR) is 138 cm³/mol. The molecule has 1 nitrogen and oxygen atoms in total. The van der Waals surface area contributed by atoms with E-state index < -0.39 is 6.43 Å². The van der Waals surface area contributed by atoms with Gasteiger partial charge in [-0.1, -0.05) is 57.2 Å². The van der Waals surface area contributed by atoms with Crippen LogP contribution in [-0.4, -0.2) is 11.4 Å². The standard InChI is InChI=1S/C29H27F2NS/c1-17-18(10-12-25(30)31)9-11-22-23-13-14-32-26(28(23)33-27(17)22)20-15-19-7-5-6-8-21(19)24(16-20)29(2,3)4/h5-9,11,13-16,25H,10,12H2,1-4H3. The lowest BCUT2D eigenvalue weighted by Gasteiger charge is -2.22. The van der Waals surface area contributed by atoms with Crippen molar-refractivity contribution in [3.8, 4) is 11.3 Å². The zero-order valence-corrected chi connectivity index (χ0v) is 20.2. The van der Waals surface area contributed by atoms with E-state index in [0.29, 0.717) is 6.42 Å². The molecule has 0 spiro atoms. The molecule has 0 saturated carbocycles. The number of pyridine rings is 1. The third-order valence-corrected chi connectivity index (χ3v) is 7.84. The van der Waals surface area contributed by atoms with Gasteiger partial charge in [0.15, 0.2) is 0 Å². The van der Waals surface area contributed by atoms with Crippen LogP contribution in [0, 0.1) is 6.92 Å². The maximum Gasteiger partial charge on any atom is 0.239 e. The molecule has 33 heavy (non-hydrogen) atoms. The van der Waals surface area contributed by atoms with Crippen LogP contribution in [0.3, 0.4) is 0 Å². The number of rotatable bonds is 4. The number of alkyl halides is 2. The van der Waals surface area contributed by atoms with Crippen LogP contribution in [-0.2, 0) is 11.8 Å². The van der Waals surface area contributed by atoms with Gasteiger partial charge in [0.1, 0.15) is 0 Å². The highest BCUT2D eigenvalue weighted by Gasteiger charge is 2.20. The molecule has 0 amide bonds. The SMILES string of the molecule is Cc1c(CCC(F)F)ccc2c1sc1c(-c3cc(C(C)(C)C)c4ccccc4c3)nccc12. The van der Waals surface area contributed by atoms with E-state index in [1.807, 2.05) is 12.3 Å². The van der Waals surface area contributed by atoms with Gasteiger partial charge in [-0.3, -0.25) is 4.98 Å². The molecule has 0 unspecified atom stereocenters. The maximum absolute atomic E-state index is 12.8. The van der Waals surface area contributed by atoms with Crippen LogP contribution in [0.5, 0.6) is 0 Å². The quantitative estimate of drug-likeness (QED) is 0.261. The first-order chi connectivity index (χ1) is 15.7. The molecule has 5 aromatic rings. The van der Waals surface area contributed by atoms with Crippen molar-refractivity contribution in [1.29, 1.82) is 0 Å². The van der Waals surface area contributed by atoms with Gasteiger partial charge in [0.2, 0.25) is 6.43 Å². The van der Waals surface area contributed by atoms with Gasteiger partial charge in [0.05, 0.1) is 10.4 Å². The average Bonchev–Trinajstić information content (AvgIpc) is 3.17. The molecule has 0 fully saturated rings. The number of hydrogen-bond donors (Lipinski definition) is 0. The minimum absolute atomic E-state index is 0.000137. The molecular formula is C29H27F2NS. The normalized spacial score (nSPS) is 12.5.